The van der Waals surface area contributed by atoms with Gasteiger partial charge >= 0.3 is 0 Å². The molecule has 0 amide bonds. The number of aryl methyl sites for hydroxylation is 2. The highest BCUT2D eigenvalue weighted by atomic mass is 14.9. The number of hydrogen-bond acceptors (Lipinski definition) is 1. The summed E-state index contributed by atoms with van der Waals surface area (Å²) in [5.41, 5.74) is 4.65. The quantitative estimate of drug-likeness (QED) is 0.842. The molecule has 1 saturated carbocycles. The highest BCUT2D eigenvalue weighted by molar-refractivity contribution is 5.36. The van der Waals surface area contributed by atoms with E-state index in [4.69, 9.17) is 0 Å². The van der Waals surface area contributed by atoms with E-state index in [-0.39, 0.29) is 0 Å². The first-order valence-corrected chi connectivity index (χ1v) is 7.62. The van der Waals surface area contributed by atoms with Crippen molar-refractivity contribution in [3.8, 4) is 0 Å². The molecule has 1 N–H and O–H groups in total. The lowest BCUT2D eigenvalue weighted by molar-refractivity contribution is 0.230. The molecule has 0 aliphatic heterocycles. The van der Waals surface area contributed by atoms with Gasteiger partial charge in [-0.1, -0.05) is 24.6 Å². The third-order valence-corrected chi connectivity index (χ3v) is 4.99. The molecule has 2 atom stereocenters. The van der Waals surface area contributed by atoms with E-state index in [1.165, 1.54) is 44.1 Å². The molecule has 0 aromatic heterocycles. The van der Waals surface area contributed by atoms with Crippen molar-refractivity contribution in [3.05, 3.63) is 34.9 Å². The zero-order valence-corrected chi connectivity index (χ0v) is 11.7. The molecule has 3 rings (SSSR count). The summed E-state index contributed by atoms with van der Waals surface area (Å²) in [7, 11) is 0. The van der Waals surface area contributed by atoms with Crippen LogP contribution in [0.3, 0.4) is 0 Å². The number of nitrogens with one attached hydrogen (secondary N) is 1. The second-order valence-corrected chi connectivity index (χ2v) is 6.25. The van der Waals surface area contributed by atoms with Gasteiger partial charge in [0.1, 0.15) is 0 Å². The average molecular weight is 243 g/mol. The van der Waals surface area contributed by atoms with Crippen LogP contribution in [-0.2, 0) is 12.8 Å². The van der Waals surface area contributed by atoms with Gasteiger partial charge in [-0.2, -0.15) is 0 Å². The van der Waals surface area contributed by atoms with Crippen LogP contribution in [0.15, 0.2) is 18.2 Å². The van der Waals surface area contributed by atoms with Gasteiger partial charge in [0.05, 0.1) is 0 Å². The molecule has 2 aliphatic carbocycles. The van der Waals surface area contributed by atoms with Crippen LogP contribution in [0.1, 0.15) is 62.3 Å². The van der Waals surface area contributed by atoms with Crippen molar-refractivity contribution in [1.29, 1.82) is 0 Å². The Morgan fingerprint density at radius 3 is 2.56 bits per heavy atom. The minimum Gasteiger partial charge on any atom is -0.307 e. The zero-order valence-electron chi connectivity index (χ0n) is 11.7. The summed E-state index contributed by atoms with van der Waals surface area (Å²) in [6.07, 6.45) is 8.20. The standard InChI is InChI=1S/C17H25N/c1-12(14-5-3-6-14)18-13(2)16-10-9-15-7-4-8-17(15)11-16/h9-14,18H,3-8H2,1-2H3. The summed E-state index contributed by atoms with van der Waals surface area (Å²) >= 11 is 0. The SMILES string of the molecule is CC(NC(C)C1CCC1)c1ccc2c(c1)CCC2. The first kappa shape index (κ1) is 12.2. The predicted molar refractivity (Wildman–Crippen MR) is 76.8 cm³/mol. The van der Waals surface area contributed by atoms with Crippen molar-refractivity contribution in [1.82, 2.24) is 5.32 Å². The van der Waals surface area contributed by atoms with E-state index >= 15 is 0 Å². The van der Waals surface area contributed by atoms with Gasteiger partial charge in [-0.3, -0.25) is 0 Å². The second kappa shape index (κ2) is 5.05. The van der Waals surface area contributed by atoms with E-state index in [9.17, 15) is 0 Å². The lowest BCUT2D eigenvalue weighted by atomic mass is 9.80. The van der Waals surface area contributed by atoms with Crippen LogP contribution in [0.4, 0.5) is 0 Å². The molecule has 98 valence electrons. The fraction of sp³-hybridized carbons (Fsp3) is 0.647. The minimum absolute atomic E-state index is 0.492. The molecular weight excluding hydrogens is 218 g/mol. The van der Waals surface area contributed by atoms with E-state index in [0.717, 1.165) is 5.92 Å². The predicted octanol–water partition coefficient (Wildman–Crippen LogP) is 4.01. The van der Waals surface area contributed by atoms with Crippen molar-refractivity contribution < 1.29 is 0 Å². The summed E-state index contributed by atoms with van der Waals surface area (Å²) in [4.78, 5) is 0. The highest BCUT2D eigenvalue weighted by Crippen LogP contribution is 2.31. The van der Waals surface area contributed by atoms with Gasteiger partial charge in [-0.15, -0.1) is 0 Å². The molecule has 18 heavy (non-hydrogen) atoms. The maximum absolute atomic E-state index is 3.79. The first-order chi connectivity index (χ1) is 8.74. The van der Waals surface area contributed by atoms with Crippen molar-refractivity contribution in [2.75, 3.05) is 0 Å². The Morgan fingerprint density at radius 2 is 1.83 bits per heavy atom. The largest absolute Gasteiger partial charge is 0.307 e. The lowest BCUT2D eigenvalue weighted by Gasteiger charge is -2.34. The van der Waals surface area contributed by atoms with Crippen molar-refractivity contribution in [3.63, 3.8) is 0 Å². The average Bonchev–Trinajstić information content (AvgIpc) is 2.72. The number of fused-ring (bicyclic) bond motifs is 1. The normalized spacial score (nSPS) is 22.3. The molecule has 0 saturated heterocycles. The summed E-state index contributed by atoms with van der Waals surface area (Å²) in [5, 5.41) is 3.79. The van der Waals surface area contributed by atoms with E-state index in [1.54, 1.807) is 11.1 Å². The van der Waals surface area contributed by atoms with Gasteiger partial charge in [0.2, 0.25) is 0 Å². The molecule has 0 bridgehead atoms. The summed E-state index contributed by atoms with van der Waals surface area (Å²) < 4.78 is 0. The summed E-state index contributed by atoms with van der Waals surface area (Å²) in [6, 6.07) is 8.28. The molecule has 1 nitrogen and oxygen atoms in total. The van der Waals surface area contributed by atoms with Gasteiger partial charge in [-0.25, -0.2) is 0 Å². The molecule has 2 unspecified atom stereocenters. The highest BCUT2D eigenvalue weighted by Gasteiger charge is 2.25. The molecule has 1 aromatic rings. The molecule has 2 aliphatic rings. The van der Waals surface area contributed by atoms with E-state index in [1.807, 2.05) is 0 Å². The van der Waals surface area contributed by atoms with Crippen LogP contribution in [0.2, 0.25) is 0 Å². The molecule has 0 spiro atoms. The maximum Gasteiger partial charge on any atom is 0.0294 e. The van der Waals surface area contributed by atoms with Crippen molar-refractivity contribution in [2.24, 2.45) is 5.92 Å². The topological polar surface area (TPSA) is 12.0 Å². The Labute approximate surface area is 111 Å². The molecule has 1 fully saturated rings. The van der Waals surface area contributed by atoms with Crippen molar-refractivity contribution in [2.45, 2.75) is 64.5 Å². The zero-order chi connectivity index (χ0) is 12.5. The third-order valence-electron chi connectivity index (χ3n) is 4.99. The first-order valence-electron chi connectivity index (χ1n) is 7.62. The van der Waals surface area contributed by atoms with Crippen LogP contribution < -0.4 is 5.32 Å². The van der Waals surface area contributed by atoms with Gasteiger partial charge in [0.25, 0.3) is 0 Å². The molecule has 0 heterocycles. The molecule has 1 aromatic carbocycles. The van der Waals surface area contributed by atoms with E-state index in [0.29, 0.717) is 12.1 Å². The Balaban J connectivity index is 1.66. The van der Waals surface area contributed by atoms with E-state index < -0.39 is 0 Å². The van der Waals surface area contributed by atoms with Crippen LogP contribution in [-0.4, -0.2) is 6.04 Å². The van der Waals surface area contributed by atoms with Crippen molar-refractivity contribution >= 4 is 0 Å². The third kappa shape index (κ3) is 2.33. The molecule has 1 heteroatoms. The summed E-state index contributed by atoms with van der Waals surface area (Å²) in [5.74, 6) is 0.918. The minimum atomic E-state index is 0.492. The van der Waals surface area contributed by atoms with Gasteiger partial charge in [-0.05, 0) is 68.6 Å². The Kier molecular flexibility index (Phi) is 3.43. The summed E-state index contributed by atoms with van der Waals surface area (Å²) in [6.45, 7) is 4.67. The van der Waals surface area contributed by atoms with Crippen LogP contribution in [0.5, 0.6) is 0 Å². The number of hydrogen-bond donors (Lipinski definition) is 1. The monoisotopic (exact) mass is 243 g/mol. The van der Waals surface area contributed by atoms with Gasteiger partial charge in [0, 0.05) is 12.1 Å². The lowest BCUT2D eigenvalue weighted by Crippen LogP contribution is -2.38. The van der Waals surface area contributed by atoms with E-state index in [2.05, 4.69) is 37.4 Å². The second-order valence-electron chi connectivity index (χ2n) is 6.25. The Bertz CT molecular complexity index is 420. The number of benzene rings is 1. The van der Waals surface area contributed by atoms with Gasteiger partial charge in [0.15, 0.2) is 0 Å². The van der Waals surface area contributed by atoms with Gasteiger partial charge < -0.3 is 5.32 Å². The fourth-order valence-electron chi connectivity index (χ4n) is 3.43. The van der Waals surface area contributed by atoms with Crippen LogP contribution in [0.25, 0.3) is 0 Å². The molecule has 0 radical (unpaired) electrons. The number of rotatable bonds is 4. The smallest absolute Gasteiger partial charge is 0.0294 e. The van der Waals surface area contributed by atoms with Crippen LogP contribution >= 0.6 is 0 Å². The Morgan fingerprint density at radius 1 is 1.06 bits per heavy atom. The Hall–Kier alpha value is -0.820. The molecular formula is C17H25N. The maximum atomic E-state index is 3.79. The fourth-order valence-corrected chi connectivity index (χ4v) is 3.43. The van der Waals surface area contributed by atoms with Crippen LogP contribution in [0, 0.1) is 5.92 Å².